The van der Waals surface area contributed by atoms with Crippen LogP contribution in [0.5, 0.6) is 0 Å². The third-order valence-corrected chi connectivity index (χ3v) is 3.62. The van der Waals surface area contributed by atoms with E-state index < -0.39 is 0 Å². The number of hydrogen-bond acceptors (Lipinski definition) is 3. The molecule has 0 bridgehead atoms. The number of nitrogens with zero attached hydrogens (tertiary/aromatic N) is 1. The summed E-state index contributed by atoms with van der Waals surface area (Å²) in [7, 11) is 0. The summed E-state index contributed by atoms with van der Waals surface area (Å²) in [5, 5.41) is 9.64. The number of carbonyl (C=O) groups is 1. The van der Waals surface area contributed by atoms with Crippen LogP contribution in [0.15, 0.2) is 71.3 Å². The first-order valence-corrected chi connectivity index (χ1v) is 6.96. The Morgan fingerprint density at radius 3 is 2.59 bits per heavy atom. The Hall–Kier alpha value is -3.14. The predicted molar refractivity (Wildman–Crippen MR) is 85.9 cm³/mol. The lowest BCUT2D eigenvalue weighted by atomic mass is 10.1. The van der Waals surface area contributed by atoms with Gasteiger partial charge in [0.05, 0.1) is 5.39 Å². The van der Waals surface area contributed by atoms with Crippen LogP contribution >= 0.6 is 0 Å². The number of rotatable bonds is 2. The molecule has 1 aromatic heterocycles. The zero-order chi connectivity index (χ0) is 14.9. The van der Waals surface area contributed by atoms with Crippen molar-refractivity contribution in [3.8, 4) is 0 Å². The van der Waals surface area contributed by atoms with Gasteiger partial charge < -0.3 is 9.84 Å². The van der Waals surface area contributed by atoms with E-state index in [1.54, 1.807) is 6.07 Å². The van der Waals surface area contributed by atoms with Crippen LogP contribution in [0.4, 0.5) is 5.82 Å². The van der Waals surface area contributed by atoms with Gasteiger partial charge >= 0.3 is 0 Å². The Balaban J connectivity index is 1.68. The number of fused-ring (bicyclic) bond motifs is 2. The number of aromatic nitrogens is 1. The first-order valence-electron chi connectivity index (χ1n) is 6.96. The Bertz CT molecular complexity index is 988. The molecule has 0 spiro atoms. The fourth-order valence-electron chi connectivity index (χ4n) is 2.49. The molecule has 1 amide bonds. The normalized spacial score (nSPS) is 10.9. The molecule has 3 aromatic carbocycles. The summed E-state index contributed by atoms with van der Waals surface area (Å²) < 4.78 is 5.19. The fraction of sp³-hybridized carbons (Fsp3) is 0. The molecule has 0 aliphatic rings. The Labute approximate surface area is 126 Å². The van der Waals surface area contributed by atoms with Gasteiger partial charge in [-0.25, -0.2) is 0 Å². The van der Waals surface area contributed by atoms with E-state index in [2.05, 4.69) is 10.5 Å². The Morgan fingerprint density at radius 1 is 0.909 bits per heavy atom. The van der Waals surface area contributed by atoms with E-state index in [0.29, 0.717) is 17.0 Å². The molecular weight excluding hydrogens is 276 g/mol. The van der Waals surface area contributed by atoms with Gasteiger partial charge in [-0.2, -0.15) is 0 Å². The molecule has 0 aliphatic carbocycles. The summed E-state index contributed by atoms with van der Waals surface area (Å²) in [6.45, 7) is 0. The largest absolute Gasteiger partial charge is 0.354 e. The van der Waals surface area contributed by atoms with E-state index in [1.165, 1.54) is 0 Å². The lowest BCUT2D eigenvalue weighted by Gasteiger charge is -2.04. The summed E-state index contributed by atoms with van der Waals surface area (Å²) in [5.74, 6) is 0.235. The van der Waals surface area contributed by atoms with Gasteiger partial charge in [-0.3, -0.25) is 4.79 Å². The molecule has 4 nitrogen and oxygen atoms in total. The molecule has 0 unspecified atom stereocenters. The van der Waals surface area contributed by atoms with Crippen LogP contribution in [0.3, 0.4) is 0 Å². The van der Waals surface area contributed by atoms with Crippen LogP contribution in [-0.2, 0) is 0 Å². The minimum absolute atomic E-state index is 0.204. The molecule has 4 rings (SSSR count). The van der Waals surface area contributed by atoms with Gasteiger partial charge in [-0.05, 0) is 35.0 Å². The molecule has 106 valence electrons. The van der Waals surface area contributed by atoms with Crippen LogP contribution in [0.1, 0.15) is 10.4 Å². The van der Waals surface area contributed by atoms with Crippen molar-refractivity contribution in [3.63, 3.8) is 0 Å². The van der Waals surface area contributed by atoms with Crippen LogP contribution in [0.25, 0.3) is 21.7 Å². The molecule has 1 N–H and O–H groups in total. The molecule has 0 fully saturated rings. The monoisotopic (exact) mass is 288 g/mol. The average Bonchev–Trinajstić information content (AvgIpc) is 2.97. The zero-order valence-electron chi connectivity index (χ0n) is 11.6. The van der Waals surface area contributed by atoms with Crippen LogP contribution in [0, 0.1) is 0 Å². The van der Waals surface area contributed by atoms with Crippen molar-refractivity contribution in [2.45, 2.75) is 0 Å². The first kappa shape index (κ1) is 12.6. The van der Waals surface area contributed by atoms with E-state index in [-0.39, 0.29) is 5.91 Å². The van der Waals surface area contributed by atoms with Gasteiger partial charge in [0.2, 0.25) is 0 Å². The summed E-state index contributed by atoms with van der Waals surface area (Å²) in [6, 6.07) is 21.0. The van der Waals surface area contributed by atoms with Crippen LogP contribution < -0.4 is 5.32 Å². The zero-order valence-corrected chi connectivity index (χ0v) is 11.6. The molecular formula is C18H12N2O2. The van der Waals surface area contributed by atoms with Crippen molar-refractivity contribution in [2.24, 2.45) is 0 Å². The van der Waals surface area contributed by atoms with Crippen LogP contribution in [-0.4, -0.2) is 11.1 Å². The highest BCUT2D eigenvalue weighted by atomic mass is 16.5. The summed E-state index contributed by atoms with van der Waals surface area (Å²) in [5.41, 5.74) is 1.24. The van der Waals surface area contributed by atoms with Gasteiger partial charge in [0, 0.05) is 5.56 Å². The van der Waals surface area contributed by atoms with Crippen molar-refractivity contribution in [2.75, 3.05) is 5.32 Å². The highest BCUT2D eigenvalue weighted by Crippen LogP contribution is 2.23. The second-order valence-electron chi connectivity index (χ2n) is 5.04. The van der Waals surface area contributed by atoms with Crippen LogP contribution in [0.2, 0.25) is 0 Å². The standard InChI is InChI=1S/C18H12N2O2/c21-18(14-10-9-12-5-1-2-6-13(12)11-14)19-17-15-7-3-4-8-16(15)22-20-17/h1-11H,(H,19,20,21). The lowest BCUT2D eigenvalue weighted by molar-refractivity contribution is 0.102. The minimum atomic E-state index is -0.204. The van der Waals surface area contributed by atoms with Crippen molar-refractivity contribution >= 4 is 33.5 Å². The smallest absolute Gasteiger partial charge is 0.256 e. The number of hydrogen-bond donors (Lipinski definition) is 1. The minimum Gasteiger partial charge on any atom is -0.354 e. The van der Waals surface area contributed by atoms with Crippen molar-refractivity contribution in [1.29, 1.82) is 0 Å². The Morgan fingerprint density at radius 2 is 1.68 bits per heavy atom. The maximum absolute atomic E-state index is 12.4. The molecule has 0 aliphatic heterocycles. The molecule has 22 heavy (non-hydrogen) atoms. The predicted octanol–water partition coefficient (Wildman–Crippen LogP) is 4.23. The maximum atomic E-state index is 12.4. The van der Waals surface area contributed by atoms with E-state index in [0.717, 1.165) is 16.2 Å². The van der Waals surface area contributed by atoms with Gasteiger partial charge in [-0.1, -0.05) is 47.6 Å². The SMILES string of the molecule is O=C(Nc1noc2ccccc12)c1ccc2ccccc2c1. The number of carbonyl (C=O) groups excluding carboxylic acids is 1. The number of nitrogens with one attached hydrogen (secondary N) is 1. The van der Waals surface area contributed by atoms with Gasteiger partial charge in [0.1, 0.15) is 0 Å². The molecule has 0 radical (unpaired) electrons. The molecule has 4 aromatic rings. The summed E-state index contributed by atoms with van der Waals surface area (Å²) in [6.07, 6.45) is 0. The maximum Gasteiger partial charge on any atom is 0.256 e. The van der Waals surface area contributed by atoms with Gasteiger partial charge in [0.25, 0.3) is 5.91 Å². The van der Waals surface area contributed by atoms with E-state index in [4.69, 9.17) is 4.52 Å². The van der Waals surface area contributed by atoms with Crippen molar-refractivity contribution < 1.29 is 9.32 Å². The molecule has 0 saturated heterocycles. The fourth-order valence-corrected chi connectivity index (χ4v) is 2.49. The molecule has 4 heteroatoms. The summed E-state index contributed by atoms with van der Waals surface area (Å²) >= 11 is 0. The second-order valence-corrected chi connectivity index (χ2v) is 5.04. The third-order valence-electron chi connectivity index (χ3n) is 3.62. The topological polar surface area (TPSA) is 55.1 Å². The molecule has 1 heterocycles. The first-order chi connectivity index (χ1) is 10.8. The quantitative estimate of drug-likeness (QED) is 0.600. The van der Waals surface area contributed by atoms with Crippen molar-refractivity contribution in [3.05, 3.63) is 72.3 Å². The molecule has 0 atom stereocenters. The number of amides is 1. The highest BCUT2D eigenvalue weighted by Gasteiger charge is 2.12. The average molecular weight is 288 g/mol. The Kier molecular flexibility index (Phi) is 2.86. The number of benzene rings is 3. The van der Waals surface area contributed by atoms with Gasteiger partial charge in [-0.15, -0.1) is 0 Å². The summed E-state index contributed by atoms with van der Waals surface area (Å²) in [4.78, 5) is 12.4. The van der Waals surface area contributed by atoms with Gasteiger partial charge in [0.15, 0.2) is 11.4 Å². The number of anilines is 1. The van der Waals surface area contributed by atoms with E-state index in [1.807, 2.05) is 60.7 Å². The third kappa shape index (κ3) is 2.11. The molecule has 0 saturated carbocycles. The van der Waals surface area contributed by atoms with E-state index >= 15 is 0 Å². The van der Waals surface area contributed by atoms with Crippen molar-refractivity contribution in [1.82, 2.24) is 5.16 Å². The lowest BCUT2D eigenvalue weighted by Crippen LogP contribution is -2.12. The second kappa shape index (κ2) is 5.00. The highest BCUT2D eigenvalue weighted by molar-refractivity contribution is 6.09. The van der Waals surface area contributed by atoms with E-state index in [9.17, 15) is 4.79 Å². The number of para-hydroxylation sites is 1.